The first-order chi connectivity index (χ1) is 13.0. The lowest BCUT2D eigenvalue weighted by Crippen LogP contribution is -2.23. The summed E-state index contributed by atoms with van der Waals surface area (Å²) in [5.74, 6) is 0.563. The molecule has 1 N–H and O–H groups in total. The molecule has 0 bridgehead atoms. The third-order valence-electron chi connectivity index (χ3n) is 4.55. The van der Waals surface area contributed by atoms with Gasteiger partial charge in [-0.3, -0.25) is 9.48 Å². The van der Waals surface area contributed by atoms with Crippen molar-refractivity contribution in [3.05, 3.63) is 81.1 Å². The quantitative estimate of drug-likeness (QED) is 0.639. The Bertz CT molecular complexity index is 952. The average Bonchev–Trinajstić information content (AvgIpc) is 2.93. The minimum atomic E-state index is -0.132. The van der Waals surface area contributed by atoms with Crippen LogP contribution in [0, 0.1) is 13.8 Å². The Morgan fingerprint density at radius 2 is 1.93 bits per heavy atom. The van der Waals surface area contributed by atoms with Crippen molar-refractivity contribution in [2.45, 2.75) is 26.9 Å². The van der Waals surface area contributed by atoms with Crippen molar-refractivity contribution in [1.29, 1.82) is 0 Å². The van der Waals surface area contributed by atoms with E-state index in [9.17, 15) is 4.79 Å². The first-order valence-electron chi connectivity index (χ1n) is 8.68. The highest BCUT2D eigenvalue weighted by atomic mass is 79.9. The Hall–Kier alpha value is -2.60. The van der Waals surface area contributed by atoms with Crippen LogP contribution in [-0.4, -0.2) is 22.8 Å². The standard InChI is InChI=1S/C21H22BrN3O2/c1-14-18(15(2)25(24-14)13-16-7-5-4-6-8-16)12-23-21(26)17-9-10-20(27-3)19(22)11-17/h4-11H,12-13H2,1-3H3,(H,23,26). The van der Waals surface area contributed by atoms with Crippen molar-refractivity contribution >= 4 is 21.8 Å². The van der Waals surface area contributed by atoms with Gasteiger partial charge in [0, 0.05) is 23.4 Å². The van der Waals surface area contributed by atoms with Crippen LogP contribution in [0.5, 0.6) is 5.75 Å². The lowest BCUT2D eigenvalue weighted by molar-refractivity contribution is 0.0950. The first kappa shape index (κ1) is 19.2. The number of carbonyl (C=O) groups is 1. The molecular formula is C21H22BrN3O2. The molecule has 1 amide bonds. The van der Waals surface area contributed by atoms with Crippen LogP contribution in [0.1, 0.15) is 32.9 Å². The van der Waals surface area contributed by atoms with Crippen molar-refractivity contribution in [2.24, 2.45) is 0 Å². The summed E-state index contributed by atoms with van der Waals surface area (Å²) in [6.45, 7) is 5.16. The van der Waals surface area contributed by atoms with Crippen LogP contribution in [0.25, 0.3) is 0 Å². The van der Waals surface area contributed by atoms with E-state index < -0.39 is 0 Å². The Kier molecular flexibility index (Phi) is 5.96. The fraction of sp³-hybridized carbons (Fsp3) is 0.238. The molecule has 1 heterocycles. The van der Waals surface area contributed by atoms with Gasteiger partial charge in [0.15, 0.2) is 0 Å². The van der Waals surface area contributed by atoms with Gasteiger partial charge in [0.05, 0.1) is 23.8 Å². The second-order valence-electron chi connectivity index (χ2n) is 6.32. The Balaban J connectivity index is 1.71. The summed E-state index contributed by atoms with van der Waals surface area (Å²) >= 11 is 3.41. The predicted octanol–water partition coefficient (Wildman–Crippen LogP) is 4.25. The molecule has 1 aromatic heterocycles. The van der Waals surface area contributed by atoms with E-state index in [4.69, 9.17) is 4.74 Å². The topological polar surface area (TPSA) is 56.1 Å². The molecule has 3 rings (SSSR count). The zero-order valence-corrected chi connectivity index (χ0v) is 17.2. The Morgan fingerprint density at radius 3 is 2.59 bits per heavy atom. The normalized spacial score (nSPS) is 10.7. The van der Waals surface area contributed by atoms with Crippen molar-refractivity contribution in [2.75, 3.05) is 7.11 Å². The second kappa shape index (κ2) is 8.39. The van der Waals surface area contributed by atoms with E-state index in [-0.39, 0.29) is 5.91 Å². The van der Waals surface area contributed by atoms with Gasteiger partial charge in [-0.2, -0.15) is 5.10 Å². The number of benzene rings is 2. The van der Waals surface area contributed by atoms with Crippen molar-refractivity contribution in [3.8, 4) is 5.75 Å². The van der Waals surface area contributed by atoms with Crippen LogP contribution in [0.3, 0.4) is 0 Å². The molecule has 27 heavy (non-hydrogen) atoms. The number of amides is 1. The summed E-state index contributed by atoms with van der Waals surface area (Å²) in [6, 6.07) is 15.5. The van der Waals surface area contributed by atoms with Gasteiger partial charge in [-0.05, 0) is 53.5 Å². The van der Waals surface area contributed by atoms with Gasteiger partial charge in [0.2, 0.25) is 0 Å². The predicted molar refractivity (Wildman–Crippen MR) is 109 cm³/mol. The summed E-state index contributed by atoms with van der Waals surface area (Å²) < 4.78 is 7.94. The van der Waals surface area contributed by atoms with Crippen molar-refractivity contribution < 1.29 is 9.53 Å². The zero-order valence-electron chi connectivity index (χ0n) is 15.6. The van der Waals surface area contributed by atoms with Crippen molar-refractivity contribution in [1.82, 2.24) is 15.1 Å². The lowest BCUT2D eigenvalue weighted by atomic mass is 10.1. The van der Waals surface area contributed by atoms with Crippen molar-refractivity contribution in [3.63, 3.8) is 0 Å². The number of nitrogens with one attached hydrogen (secondary N) is 1. The minimum Gasteiger partial charge on any atom is -0.496 e. The fourth-order valence-corrected chi connectivity index (χ4v) is 3.52. The largest absolute Gasteiger partial charge is 0.496 e. The van der Waals surface area contributed by atoms with E-state index in [0.717, 1.165) is 21.4 Å². The third kappa shape index (κ3) is 4.39. The highest BCUT2D eigenvalue weighted by molar-refractivity contribution is 9.10. The minimum absolute atomic E-state index is 0.132. The number of ether oxygens (including phenoxy) is 1. The molecule has 0 radical (unpaired) electrons. The first-order valence-corrected chi connectivity index (χ1v) is 9.47. The summed E-state index contributed by atoms with van der Waals surface area (Å²) in [4.78, 5) is 12.5. The van der Waals surface area contributed by atoms with Gasteiger partial charge < -0.3 is 10.1 Å². The molecule has 0 fully saturated rings. The van der Waals surface area contributed by atoms with E-state index in [1.165, 1.54) is 5.56 Å². The number of nitrogens with zero attached hydrogens (tertiary/aromatic N) is 2. The highest BCUT2D eigenvalue weighted by Crippen LogP contribution is 2.25. The van der Waals surface area contributed by atoms with Gasteiger partial charge in [0.1, 0.15) is 5.75 Å². The van der Waals surface area contributed by atoms with Crippen LogP contribution in [0.4, 0.5) is 0 Å². The van der Waals surface area contributed by atoms with Gasteiger partial charge in [-0.15, -0.1) is 0 Å². The molecule has 2 aromatic carbocycles. The number of halogens is 1. The molecule has 0 aliphatic carbocycles. The average molecular weight is 428 g/mol. The Morgan fingerprint density at radius 1 is 1.19 bits per heavy atom. The van der Waals surface area contributed by atoms with Crippen LogP contribution in [0.2, 0.25) is 0 Å². The van der Waals surface area contributed by atoms with Crippen LogP contribution < -0.4 is 10.1 Å². The molecule has 6 heteroatoms. The third-order valence-corrected chi connectivity index (χ3v) is 5.17. The molecule has 0 spiro atoms. The summed E-state index contributed by atoms with van der Waals surface area (Å²) in [5, 5.41) is 7.62. The molecule has 0 aliphatic rings. The number of hydrogen-bond donors (Lipinski definition) is 1. The van der Waals surface area contributed by atoms with Crippen LogP contribution in [-0.2, 0) is 13.1 Å². The summed E-state index contributed by atoms with van der Waals surface area (Å²) in [6.07, 6.45) is 0. The van der Waals surface area contributed by atoms with E-state index in [1.807, 2.05) is 36.7 Å². The van der Waals surface area contributed by atoms with Gasteiger partial charge in [-0.25, -0.2) is 0 Å². The number of rotatable bonds is 6. The fourth-order valence-electron chi connectivity index (χ4n) is 2.98. The molecule has 0 saturated carbocycles. The molecule has 140 valence electrons. The Labute approximate surface area is 167 Å². The second-order valence-corrected chi connectivity index (χ2v) is 7.18. The molecule has 0 atom stereocenters. The highest BCUT2D eigenvalue weighted by Gasteiger charge is 2.14. The van der Waals surface area contributed by atoms with Gasteiger partial charge >= 0.3 is 0 Å². The maximum atomic E-state index is 12.5. The molecule has 3 aromatic rings. The molecular weight excluding hydrogens is 406 g/mol. The smallest absolute Gasteiger partial charge is 0.251 e. The molecule has 0 saturated heterocycles. The number of hydrogen-bond acceptors (Lipinski definition) is 3. The maximum absolute atomic E-state index is 12.5. The summed E-state index contributed by atoms with van der Waals surface area (Å²) in [7, 11) is 1.60. The number of carbonyl (C=O) groups excluding carboxylic acids is 1. The van der Waals surface area contributed by atoms with Crippen LogP contribution in [0.15, 0.2) is 53.0 Å². The van der Waals surface area contributed by atoms with Gasteiger partial charge in [0.25, 0.3) is 5.91 Å². The van der Waals surface area contributed by atoms with Crippen LogP contribution >= 0.6 is 15.9 Å². The van der Waals surface area contributed by atoms with E-state index in [0.29, 0.717) is 24.4 Å². The summed E-state index contributed by atoms with van der Waals surface area (Å²) in [5.41, 5.74) is 4.82. The van der Waals surface area contributed by atoms with Gasteiger partial charge in [-0.1, -0.05) is 30.3 Å². The SMILES string of the molecule is COc1ccc(C(=O)NCc2c(C)nn(Cc3ccccc3)c2C)cc1Br. The lowest BCUT2D eigenvalue weighted by Gasteiger charge is -2.09. The maximum Gasteiger partial charge on any atom is 0.251 e. The molecule has 0 aliphatic heterocycles. The number of methoxy groups -OCH3 is 1. The van der Waals surface area contributed by atoms with E-state index in [2.05, 4.69) is 38.5 Å². The molecule has 0 unspecified atom stereocenters. The van der Waals surface area contributed by atoms with E-state index in [1.54, 1.807) is 25.3 Å². The monoisotopic (exact) mass is 427 g/mol. The zero-order chi connectivity index (χ0) is 19.4. The molecule has 5 nitrogen and oxygen atoms in total. The number of aryl methyl sites for hydroxylation is 1. The number of aromatic nitrogens is 2. The van der Waals surface area contributed by atoms with E-state index >= 15 is 0 Å².